The van der Waals surface area contributed by atoms with Gasteiger partial charge in [-0.1, -0.05) is 23.2 Å². The van der Waals surface area contributed by atoms with Crippen LogP contribution in [0, 0.1) is 10.7 Å². The van der Waals surface area contributed by atoms with E-state index in [1.165, 1.54) is 0 Å². The van der Waals surface area contributed by atoms with E-state index in [4.69, 9.17) is 40.2 Å². The molecule has 1 N–H and O–H groups in total. The number of amides is 1. The van der Waals surface area contributed by atoms with E-state index in [1.807, 2.05) is 6.92 Å². The van der Waals surface area contributed by atoms with Crippen molar-refractivity contribution in [3.8, 4) is 0 Å². The minimum absolute atomic E-state index is 0.0570. The molecule has 0 radical (unpaired) electrons. The van der Waals surface area contributed by atoms with Gasteiger partial charge in [0.2, 0.25) is 0 Å². The number of benzene rings is 1. The Morgan fingerprint density at radius 1 is 1.18 bits per heavy atom. The lowest BCUT2D eigenvalue weighted by molar-refractivity contribution is -0.149. The van der Waals surface area contributed by atoms with Gasteiger partial charge in [-0.3, -0.25) is 19.0 Å². The monoisotopic (exact) mass is 523 g/mol. The molecule has 1 fully saturated rings. The number of hydrogen-bond acceptors (Lipinski definition) is 5. The zero-order valence-corrected chi connectivity index (χ0v) is 21.4. The lowest BCUT2D eigenvalue weighted by Crippen LogP contribution is -2.46. The number of fused-ring (bicyclic) bond motifs is 1. The van der Waals surface area contributed by atoms with Crippen LogP contribution in [0.25, 0.3) is 0 Å². The van der Waals surface area contributed by atoms with E-state index in [9.17, 15) is 14.4 Å². The second-order valence-electron chi connectivity index (χ2n) is 8.93. The largest absolute Gasteiger partial charge is 0.466 e. The number of H-pyrrole nitrogens is 1. The molecule has 1 atom stereocenters. The highest BCUT2D eigenvalue weighted by molar-refractivity contribution is 7.71. The molecule has 1 aromatic heterocycles. The molecule has 0 bridgehead atoms. The molecule has 1 aliphatic carbocycles. The molecule has 1 amide bonds. The van der Waals surface area contributed by atoms with E-state index < -0.39 is 0 Å². The summed E-state index contributed by atoms with van der Waals surface area (Å²) in [7, 11) is 0. The average Bonchev–Trinajstić information content (AvgIpc) is 2.81. The average molecular weight is 524 g/mol. The predicted molar refractivity (Wildman–Crippen MR) is 133 cm³/mol. The van der Waals surface area contributed by atoms with Crippen LogP contribution in [0.5, 0.6) is 0 Å². The first-order valence-electron chi connectivity index (χ1n) is 11.5. The number of esters is 1. The van der Waals surface area contributed by atoms with Crippen LogP contribution in [-0.4, -0.2) is 39.0 Å². The van der Waals surface area contributed by atoms with Crippen molar-refractivity contribution < 1.29 is 14.3 Å². The number of aromatic amines is 1. The van der Waals surface area contributed by atoms with Crippen LogP contribution in [0.4, 0.5) is 0 Å². The van der Waals surface area contributed by atoms with Crippen LogP contribution in [0.3, 0.4) is 0 Å². The summed E-state index contributed by atoms with van der Waals surface area (Å²) >= 11 is 17.6. The maximum Gasteiger partial charge on any atom is 0.308 e. The van der Waals surface area contributed by atoms with Crippen molar-refractivity contribution in [2.24, 2.45) is 5.92 Å². The number of carbonyl (C=O) groups excluding carboxylic acids is 2. The zero-order valence-electron chi connectivity index (χ0n) is 19.1. The van der Waals surface area contributed by atoms with Gasteiger partial charge < -0.3 is 14.6 Å². The lowest BCUT2D eigenvalue weighted by atomic mass is 9.86. The highest BCUT2D eigenvalue weighted by atomic mass is 35.5. The fraction of sp³-hybridized carbons (Fsp3) is 0.500. The van der Waals surface area contributed by atoms with E-state index in [1.54, 1.807) is 34.6 Å². The first kappa shape index (κ1) is 24.9. The fourth-order valence-electron chi connectivity index (χ4n) is 4.94. The first-order valence-corrected chi connectivity index (χ1v) is 12.7. The van der Waals surface area contributed by atoms with Crippen molar-refractivity contribution >= 4 is 47.3 Å². The van der Waals surface area contributed by atoms with Crippen molar-refractivity contribution in [3.05, 3.63) is 60.2 Å². The molecule has 10 heteroatoms. The molecule has 34 heavy (non-hydrogen) atoms. The molecule has 1 saturated carbocycles. The third-order valence-electron chi connectivity index (χ3n) is 6.79. The van der Waals surface area contributed by atoms with Gasteiger partial charge >= 0.3 is 5.97 Å². The standard InChI is InChI=1S/C24H27Cl2N3O4S/c1-3-33-23(32)14-4-7-16(8-5-14)29-22(31)17-10-13(2)28(12-20(17)27-24(29)34)21(30)15-6-9-18(25)19(26)11-15/h6,9,11,13-14,16H,3-5,7-8,10,12H2,1-2H3,(H,27,34)/t13-,14?,16?/m1/s1. The topological polar surface area (TPSA) is 84.4 Å². The van der Waals surface area contributed by atoms with Crippen LogP contribution < -0.4 is 5.56 Å². The fourth-order valence-corrected chi connectivity index (χ4v) is 5.59. The third kappa shape index (κ3) is 4.81. The van der Waals surface area contributed by atoms with Gasteiger partial charge in [-0.05, 0) is 76.4 Å². The van der Waals surface area contributed by atoms with Gasteiger partial charge in [0.25, 0.3) is 11.5 Å². The van der Waals surface area contributed by atoms with Crippen molar-refractivity contribution in [3.63, 3.8) is 0 Å². The number of nitrogens with zero attached hydrogens (tertiary/aromatic N) is 2. The lowest BCUT2D eigenvalue weighted by Gasteiger charge is -2.35. The normalized spacial score (nSPS) is 22.2. The van der Waals surface area contributed by atoms with E-state index in [0.29, 0.717) is 70.3 Å². The summed E-state index contributed by atoms with van der Waals surface area (Å²) in [5.41, 5.74) is 1.66. The third-order valence-corrected chi connectivity index (χ3v) is 7.82. The highest BCUT2D eigenvalue weighted by Crippen LogP contribution is 2.33. The summed E-state index contributed by atoms with van der Waals surface area (Å²) in [5, 5.41) is 0.703. The Bertz CT molecular complexity index is 1230. The van der Waals surface area contributed by atoms with Gasteiger partial charge in [0.15, 0.2) is 4.77 Å². The number of aromatic nitrogens is 2. The van der Waals surface area contributed by atoms with Crippen molar-refractivity contribution in [1.29, 1.82) is 0 Å². The van der Waals surface area contributed by atoms with Crippen LogP contribution in [0.2, 0.25) is 10.0 Å². The van der Waals surface area contributed by atoms with E-state index in [2.05, 4.69) is 4.98 Å². The molecule has 182 valence electrons. The second kappa shape index (κ2) is 10.2. The molecule has 0 unspecified atom stereocenters. The SMILES string of the molecule is CCOC(=O)C1CCC(n2c(=S)[nH]c3c(c2=O)C[C@@H](C)N(C(=O)c2ccc(Cl)c(Cl)c2)C3)CC1. The minimum Gasteiger partial charge on any atom is -0.466 e. The second-order valence-corrected chi connectivity index (χ2v) is 10.1. The molecule has 2 aromatic rings. The Morgan fingerprint density at radius 2 is 1.88 bits per heavy atom. The smallest absolute Gasteiger partial charge is 0.308 e. The van der Waals surface area contributed by atoms with Gasteiger partial charge in [0.05, 0.1) is 29.1 Å². The summed E-state index contributed by atoms with van der Waals surface area (Å²) in [5.74, 6) is -0.468. The molecule has 4 rings (SSSR count). The molecule has 1 aromatic carbocycles. The van der Waals surface area contributed by atoms with Crippen LogP contribution in [-0.2, 0) is 22.5 Å². The van der Waals surface area contributed by atoms with Crippen LogP contribution in [0.15, 0.2) is 23.0 Å². The van der Waals surface area contributed by atoms with E-state index >= 15 is 0 Å². The van der Waals surface area contributed by atoms with Crippen molar-refractivity contribution in [2.45, 2.75) is 64.6 Å². The molecular formula is C24H27Cl2N3O4S. The Morgan fingerprint density at radius 3 is 2.53 bits per heavy atom. The predicted octanol–water partition coefficient (Wildman–Crippen LogP) is 5.09. The van der Waals surface area contributed by atoms with Crippen LogP contribution >= 0.6 is 35.4 Å². The molecule has 2 aliphatic rings. The minimum atomic E-state index is -0.183. The number of hydrogen-bond donors (Lipinski definition) is 1. The Kier molecular flexibility index (Phi) is 7.50. The molecule has 2 heterocycles. The van der Waals surface area contributed by atoms with Gasteiger partial charge in [-0.2, -0.15) is 0 Å². The van der Waals surface area contributed by atoms with Crippen molar-refractivity contribution in [1.82, 2.24) is 14.5 Å². The van der Waals surface area contributed by atoms with E-state index in [-0.39, 0.29) is 42.0 Å². The summed E-state index contributed by atoms with van der Waals surface area (Å²) in [6, 6.07) is 4.56. The molecule has 0 saturated heterocycles. The number of nitrogens with one attached hydrogen (secondary N) is 1. The summed E-state index contributed by atoms with van der Waals surface area (Å²) in [6.45, 7) is 4.35. The quantitative estimate of drug-likeness (QED) is 0.445. The highest BCUT2D eigenvalue weighted by Gasteiger charge is 2.33. The number of rotatable bonds is 4. The summed E-state index contributed by atoms with van der Waals surface area (Å²) < 4.78 is 7.16. The van der Waals surface area contributed by atoms with E-state index in [0.717, 1.165) is 0 Å². The summed E-state index contributed by atoms with van der Waals surface area (Å²) in [4.78, 5) is 43.6. The van der Waals surface area contributed by atoms with Gasteiger partial charge in [0, 0.05) is 28.9 Å². The number of carbonyl (C=O) groups is 2. The van der Waals surface area contributed by atoms with Gasteiger partial charge in [0.1, 0.15) is 0 Å². The van der Waals surface area contributed by atoms with Gasteiger partial charge in [-0.15, -0.1) is 0 Å². The maximum atomic E-state index is 13.5. The number of ether oxygens (including phenoxy) is 1. The summed E-state index contributed by atoms with van der Waals surface area (Å²) in [6.07, 6.45) is 3.15. The zero-order chi connectivity index (χ0) is 24.6. The maximum absolute atomic E-state index is 13.5. The first-order chi connectivity index (χ1) is 16.2. The van der Waals surface area contributed by atoms with Crippen LogP contribution in [0.1, 0.15) is 67.2 Å². The molecular weight excluding hydrogens is 497 g/mol. The molecule has 7 nitrogen and oxygen atoms in total. The number of halogens is 2. The van der Waals surface area contributed by atoms with Crippen molar-refractivity contribution in [2.75, 3.05) is 6.61 Å². The Balaban J connectivity index is 1.56. The molecule has 0 spiro atoms. The Hall–Kier alpha value is -2.16. The Labute approximate surface area is 213 Å². The molecule has 1 aliphatic heterocycles. The van der Waals surface area contributed by atoms with Gasteiger partial charge in [-0.25, -0.2) is 0 Å².